The quantitative estimate of drug-likeness (QED) is 0.899. The van der Waals surface area contributed by atoms with E-state index in [1.165, 1.54) is 30.3 Å². The molecular formula is C13H7Cl2FO3. The molecule has 1 N–H and O–H groups in total. The van der Waals surface area contributed by atoms with Gasteiger partial charge in [0.1, 0.15) is 5.75 Å². The summed E-state index contributed by atoms with van der Waals surface area (Å²) in [7, 11) is 0. The fourth-order valence-electron chi connectivity index (χ4n) is 1.38. The first-order valence-corrected chi connectivity index (χ1v) is 5.88. The zero-order chi connectivity index (χ0) is 14.0. The summed E-state index contributed by atoms with van der Waals surface area (Å²) in [6.45, 7) is 0. The third kappa shape index (κ3) is 3.16. The number of rotatable bonds is 3. The average Bonchev–Trinajstić information content (AvgIpc) is 2.36. The first-order chi connectivity index (χ1) is 8.97. The predicted molar refractivity (Wildman–Crippen MR) is 69.9 cm³/mol. The molecule has 0 aliphatic carbocycles. The molecule has 0 aromatic heterocycles. The molecule has 3 nitrogen and oxygen atoms in total. The topological polar surface area (TPSA) is 46.5 Å². The summed E-state index contributed by atoms with van der Waals surface area (Å²) in [5.41, 5.74) is -0.154. The van der Waals surface area contributed by atoms with Gasteiger partial charge in [-0.05, 0) is 30.3 Å². The van der Waals surface area contributed by atoms with Gasteiger partial charge in [-0.1, -0.05) is 23.2 Å². The molecule has 0 atom stereocenters. The highest BCUT2D eigenvalue weighted by Crippen LogP contribution is 2.30. The van der Waals surface area contributed by atoms with Crippen LogP contribution in [0.25, 0.3) is 0 Å². The van der Waals surface area contributed by atoms with Crippen molar-refractivity contribution in [1.82, 2.24) is 0 Å². The highest BCUT2D eigenvalue weighted by molar-refractivity contribution is 6.42. The van der Waals surface area contributed by atoms with E-state index in [4.69, 9.17) is 33.0 Å². The number of carboxylic acids is 1. The van der Waals surface area contributed by atoms with Crippen molar-refractivity contribution in [2.75, 3.05) is 0 Å². The molecule has 6 heteroatoms. The molecule has 0 saturated carbocycles. The van der Waals surface area contributed by atoms with Crippen molar-refractivity contribution in [2.45, 2.75) is 0 Å². The van der Waals surface area contributed by atoms with Crippen molar-refractivity contribution in [2.24, 2.45) is 0 Å². The van der Waals surface area contributed by atoms with Crippen LogP contribution in [0.15, 0.2) is 36.4 Å². The predicted octanol–water partition coefficient (Wildman–Crippen LogP) is 4.62. The largest absolute Gasteiger partial charge is 0.478 e. The Kier molecular flexibility index (Phi) is 3.93. The van der Waals surface area contributed by atoms with Crippen molar-refractivity contribution in [3.8, 4) is 11.5 Å². The molecule has 0 saturated heterocycles. The van der Waals surface area contributed by atoms with E-state index >= 15 is 0 Å². The fraction of sp³-hybridized carbons (Fsp3) is 0. The minimum atomic E-state index is -1.21. The molecule has 0 aliphatic rings. The maximum absolute atomic E-state index is 13.6. The van der Waals surface area contributed by atoms with Crippen molar-refractivity contribution >= 4 is 29.2 Å². The lowest BCUT2D eigenvalue weighted by Gasteiger charge is -2.08. The van der Waals surface area contributed by atoms with Crippen LogP contribution in [0.1, 0.15) is 10.4 Å². The second kappa shape index (κ2) is 5.47. The minimum absolute atomic E-state index is 0.0941. The van der Waals surface area contributed by atoms with Gasteiger partial charge in [-0.3, -0.25) is 0 Å². The van der Waals surface area contributed by atoms with Crippen molar-refractivity contribution in [3.63, 3.8) is 0 Å². The Morgan fingerprint density at radius 3 is 2.42 bits per heavy atom. The summed E-state index contributed by atoms with van der Waals surface area (Å²) >= 11 is 11.5. The zero-order valence-corrected chi connectivity index (χ0v) is 10.9. The summed E-state index contributed by atoms with van der Waals surface area (Å²) in [5, 5.41) is 9.35. The molecular weight excluding hydrogens is 294 g/mol. The highest BCUT2D eigenvalue weighted by atomic mass is 35.5. The molecule has 0 aliphatic heterocycles. The van der Waals surface area contributed by atoms with Gasteiger partial charge in [0.15, 0.2) is 11.6 Å². The van der Waals surface area contributed by atoms with Crippen LogP contribution in [-0.2, 0) is 0 Å². The Labute approximate surface area is 118 Å². The Balaban J connectivity index is 2.28. The van der Waals surface area contributed by atoms with E-state index in [0.717, 1.165) is 6.07 Å². The van der Waals surface area contributed by atoms with E-state index in [2.05, 4.69) is 0 Å². The number of aromatic carboxylic acids is 1. The summed E-state index contributed by atoms with van der Waals surface area (Å²) in [4.78, 5) is 10.7. The SMILES string of the molecule is O=C(O)c1ccc(Oc2ccc(Cl)c(Cl)c2)c(F)c1. The van der Waals surface area contributed by atoms with Crippen LogP contribution in [0.2, 0.25) is 10.0 Å². The summed E-state index contributed by atoms with van der Waals surface area (Å²) < 4.78 is 18.9. The molecule has 0 radical (unpaired) electrons. The van der Waals surface area contributed by atoms with E-state index in [1.807, 2.05) is 0 Å². The normalized spacial score (nSPS) is 10.3. The first-order valence-electron chi connectivity index (χ1n) is 5.13. The molecule has 0 amide bonds. The van der Waals surface area contributed by atoms with Gasteiger partial charge in [-0.25, -0.2) is 9.18 Å². The maximum Gasteiger partial charge on any atom is 0.335 e. The molecule has 0 heterocycles. The molecule has 2 aromatic carbocycles. The van der Waals surface area contributed by atoms with Crippen LogP contribution in [0, 0.1) is 5.82 Å². The average molecular weight is 301 g/mol. The number of halogens is 3. The van der Waals surface area contributed by atoms with E-state index in [9.17, 15) is 9.18 Å². The Bertz CT molecular complexity index is 644. The van der Waals surface area contributed by atoms with Crippen LogP contribution in [-0.4, -0.2) is 11.1 Å². The third-order valence-electron chi connectivity index (χ3n) is 2.30. The summed E-state index contributed by atoms with van der Waals surface area (Å²) in [5.74, 6) is -1.77. The van der Waals surface area contributed by atoms with E-state index in [1.54, 1.807) is 0 Å². The highest BCUT2D eigenvalue weighted by Gasteiger charge is 2.10. The fourth-order valence-corrected chi connectivity index (χ4v) is 1.67. The van der Waals surface area contributed by atoms with Gasteiger partial charge >= 0.3 is 5.97 Å². The maximum atomic E-state index is 13.6. The number of hydrogen-bond acceptors (Lipinski definition) is 2. The van der Waals surface area contributed by atoms with Crippen LogP contribution < -0.4 is 4.74 Å². The minimum Gasteiger partial charge on any atom is -0.478 e. The van der Waals surface area contributed by atoms with Crippen molar-refractivity contribution in [1.29, 1.82) is 0 Å². The van der Waals surface area contributed by atoms with Gasteiger partial charge in [0, 0.05) is 6.07 Å². The van der Waals surface area contributed by atoms with Gasteiger partial charge in [0.05, 0.1) is 15.6 Å². The monoisotopic (exact) mass is 300 g/mol. The van der Waals surface area contributed by atoms with Gasteiger partial charge in [-0.2, -0.15) is 0 Å². The van der Waals surface area contributed by atoms with E-state index in [0.29, 0.717) is 10.8 Å². The number of carboxylic acid groups (broad SMARTS) is 1. The number of hydrogen-bond donors (Lipinski definition) is 1. The molecule has 0 spiro atoms. The zero-order valence-electron chi connectivity index (χ0n) is 9.36. The Morgan fingerprint density at radius 2 is 1.84 bits per heavy atom. The number of carbonyl (C=O) groups is 1. The molecule has 2 aromatic rings. The molecule has 0 fully saturated rings. The lowest BCUT2D eigenvalue weighted by Crippen LogP contribution is -1.98. The molecule has 0 bridgehead atoms. The molecule has 19 heavy (non-hydrogen) atoms. The van der Waals surface area contributed by atoms with Crippen LogP contribution in [0.3, 0.4) is 0 Å². The van der Waals surface area contributed by atoms with Gasteiger partial charge in [0.2, 0.25) is 0 Å². The van der Waals surface area contributed by atoms with Crippen LogP contribution >= 0.6 is 23.2 Å². The van der Waals surface area contributed by atoms with Crippen LogP contribution in [0.4, 0.5) is 4.39 Å². The van der Waals surface area contributed by atoms with Gasteiger partial charge in [-0.15, -0.1) is 0 Å². The Morgan fingerprint density at radius 1 is 1.11 bits per heavy atom. The van der Waals surface area contributed by atoms with Gasteiger partial charge in [0.25, 0.3) is 0 Å². The summed E-state index contributed by atoms with van der Waals surface area (Å²) in [6, 6.07) is 7.85. The van der Waals surface area contributed by atoms with Crippen molar-refractivity contribution < 1.29 is 19.0 Å². The Hall–Kier alpha value is -1.78. The third-order valence-corrected chi connectivity index (χ3v) is 3.04. The smallest absolute Gasteiger partial charge is 0.335 e. The number of benzene rings is 2. The van der Waals surface area contributed by atoms with Crippen molar-refractivity contribution in [3.05, 3.63) is 57.8 Å². The number of ether oxygens (including phenoxy) is 1. The van der Waals surface area contributed by atoms with Gasteiger partial charge < -0.3 is 9.84 Å². The molecule has 98 valence electrons. The van der Waals surface area contributed by atoms with E-state index < -0.39 is 11.8 Å². The van der Waals surface area contributed by atoms with E-state index in [-0.39, 0.29) is 16.3 Å². The molecule has 0 unspecified atom stereocenters. The summed E-state index contributed by atoms with van der Waals surface area (Å²) in [6.07, 6.45) is 0. The second-order valence-corrected chi connectivity index (χ2v) is 4.44. The van der Waals surface area contributed by atoms with Crippen LogP contribution in [0.5, 0.6) is 11.5 Å². The lowest BCUT2D eigenvalue weighted by molar-refractivity contribution is 0.0696. The molecule has 2 rings (SSSR count). The lowest BCUT2D eigenvalue weighted by atomic mass is 10.2. The first kappa shape index (κ1) is 13.6. The second-order valence-electron chi connectivity index (χ2n) is 3.63. The standard InChI is InChI=1S/C13H7Cl2FO3/c14-9-3-2-8(6-10(9)15)19-12-4-1-7(13(17)18)5-11(12)16/h1-6H,(H,17,18).